The van der Waals surface area contributed by atoms with Crippen LogP contribution in [0.5, 0.6) is 0 Å². The number of carbonyl (C=O) groups excluding carboxylic acids is 1. The molecule has 3 aromatic rings. The summed E-state index contributed by atoms with van der Waals surface area (Å²) in [5.74, 6) is 1.01. The Morgan fingerprint density at radius 2 is 1.92 bits per heavy atom. The number of nitrogen functional groups attached to an aromatic ring is 1. The van der Waals surface area contributed by atoms with Gasteiger partial charge >= 0.3 is 0 Å². The monoisotopic (exact) mass is 346 g/mol. The van der Waals surface area contributed by atoms with Gasteiger partial charge in [0, 0.05) is 24.0 Å². The Morgan fingerprint density at radius 1 is 1.15 bits per heavy atom. The average molecular weight is 346 g/mol. The molecule has 0 aliphatic carbocycles. The highest BCUT2D eigenvalue weighted by Crippen LogP contribution is 2.32. The number of likely N-dealkylation sites (tertiary alicyclic amines) is 1. The third-order valence-corrected chi connectivity index (χ3v) is 4.89. The summed E-state index contributed by atoms with van der Waals surface area (Å²) < 4.78 is 0. The van der Waals surface area contributed by atoms with E-state index in [1.54, 1.807) is 0 Å². The summed E-state index contributed by atoms with van der Waals surface area (Å²) in [7, 11) is 0. The molecule has 26 heavy (non-hydrogen) atoms. The number of benzene rings is 2. The Morgan fingerprint density at radius 3 is 2.69 bits per heavy atom. The number of nitrogens with one attached hydrogen (secondary N) is 1. The van der Waals surface area contributed by atoms with E-state index in [4.69, 9.17) is 10.7 Å². The van der Waals surface area contributed by atoms with E-state index in [1.807, 2.05) is 65.7 Å². The van der Waals surface area contributed by atoms with Crippen molar-refractivity contribution in [2.75, 3.05) is 12.3 Å². The normalized spacial score (nSPS) is 16.8. The number of H-pyrrole nitrogens is 1. The molecule has 2 heterocycles. The quantitative estimate of drug-likeness (QED) is 0.709. The topological polar surface area (TPSA) is 75.0 Å². The van der Waals surface area contributed by atoms with Crippen molar-refractivity contribution < 1.29 is 4.79 Å². The molecule has 5 heteroatoms. The molecule has 0 bridgehead atoms. The Bertz CT molecular complexity index is 886. The number of aromatic amines is 1. The van der Waals surface area contributed by atoms with Crippen molar-refractivity contribution in [2.45, 2.75) is 25.3 Å². The van der Waals surface area contributed by atoms with E-state index >= 15 is 0 Å². The van der Waals surface area contributed by atoms with Gasteiger partial charge < -0.3 is 15.6 Å². The second-order valence-electron chi connectivity index (χ2n) is 6.70. The highest BCUT2D eigenvalue weighted by molar-refractivity contribution is 5.79. The first kappa shape index (κ1) is 16.4. The van der Waals surface area contributed by atoms with E-state index in [0.29, 0.717) is 6.42 Å². The molecule has 1 saturated heterocycles. The molecule has 1 aromatic heterocycles. The van der Waals surface area contributed by atoms with Gasteiger partial charge in [-0.05, 0) is 30.5 Å². The van der Waals surface area contributed by atoms with Crippen molar-refractivity contribution in [1.82, 2.24) is 14.9 Å². The summed E-state index contributed by atoms with van der Waals surface area (Å²) in [6, 6.07) is 17.6. The maximum atomic E-state index is 12.8. The Kier molecular flexibility index (Phi) is 4.44. The molecule has 2 aromatic carbocycles. The van der Waals surface area contributed by atoms with Crippen LogP contribution in [0.1, 0.15) is 30.3 Å². The molecule has 1 atom stereocenters. The van der Waals surface area contributed by atoms with Crippen LogP contribution in [0.3, 0.4) is 0 Å². The number of hydrogen-bond acceptors (Lipinski definition) is 3. The molecular weight excluding hydrogens is 324 g/mol. The molecule has 1 fully saturated rings. The zero-order chi connectivity index (χ0) is 17.9. The van der Waals surface area contributed by atoms with Gasteiger partial charge in [-0.3, -0.25) is 4.79 Å². The third-order valence-electron chi connectivity index (χ3n) is 4.89. The van der Waals surface area contributed by atoms with Crippen LogP contribution in [0, 0.1) is 0 Å². The Labute approximate surface area is 152 Å². The minimum atomic E-state index is 0.0220. The second kappa shape index (κ2) is 7.04. The Balaban J connectivity index is 1.51. The molecule has 4 rings (SSSR count). The summed E-state index contributed by atoms with van der Waals surface area (Å²) in [4.78, 5) is 22.8. The first-order valence-electron chi connectivity index (χ1n) is 8.95. The molecular formula is C21H22N4O. The lowest BCUT2D eigenvalue weighted by molar-refractivity contribution is -0.131. The Hall–Kier alpha value is -3.08. The molecule has 3 N–H and O–H groups in total. The van der Waals surface area contributed by atoms with Gasteiger partial charge in [-0.15, -0.1) is 0 Å². The number of aromatic nitrogens is 2. The number of nitrogens with two attached hydrogens (primary N) is 1. The summed E-state index contributed by atoms with van der Waals surface area (Å²) in [5, 5.41) is 0. The molecule has 1 unspecified atom stereocenters. The lowest BCUT2D eigenvalue weighted by Gasteiger charge is -2.23. The van der Waals surface area contributed by atoms with Crippen molar-refractivity contribution in [3.8, 4) is 11.3 Å². The molecule has 1 aliphatic rings. The van der Waals surface area contributed by atoms with Crippen LogP contribution in [-0.4, -0.2) is 27.3 Å². The zero-order valence-corrected chi connectivity index (χ0v) is 14.6. The SMILES string of the molecule is Nc1ccc(-c2c[nH]c(C3CCCN3C(=O)Cc3ccccc3)n2)cc1. The van der Waals surface area contributed by atoms with Crippen molar-refractivity contribution in [3.63, 3.8) is 0 Å². The number of amides is 1. The number of nitrogens with zero attached hydrogens (tertiary/aromatic N) is 2. The summed E-state index contributed by atoms with van der Waals surface area (Å²) in [6.45, 7) is 0.786. The largest absolute Gasteiger partial charge is 0.399 e. The van der Waals surface area contributed by atoms with Gasteiger partial charge in [-0.1, -0.05) is 42.5 Å². The van der Waals surface area contributed by atoms with Crippen LogP contribution in [0.15, 0.2) is 60.8 Å². The van der Waals surface area contributed by atoms with Gasteiger partial charge in [-0.25, -0.2) is 4.98 Å². The van der Waals surface area contributed by atoms with Gasteiger partial charge in [0.1, 0.15) is 5.82 Å². The number of anilines is 1. The van der Waals surface area contributed by atoms with Crippen LogP contribution in [-0.2, 0) is 11.2 Å². The third kappa shape index (κ3) is 3.33. The van der Waals surface area contributed by atoms with Gasteiger partial charge in [0.25, 0.3) is 0 Å². The van der Waals surface area contributed by atoms with E-state index in [0.717, 1.165) is 47.7 Å². The first-order chi connectivity index (χ1) is 12.7. The fourth-order valence-corrected chi connectivity index (χ4v) is 3.53. The fourth-order valence-electron chi connectivity index (χ4n) is 3.53. The smallest absolute Gasteiger partial charge is 0.227 e. The van der Waals surface area contributed by atoms with Crippen LogP contribution >= 0.6 is 0 Å². The molecule has 132 valence electrons. The highest BCUT2D eigenvalue weighted by Gasteiger charge is 2.31. The molecule has 0 saturated carbocycles. The maximum Gasteiger partial charge on any atom is 0.227 e. The predicted octanol–water partition coefficient (Wildman–Crippen LogP) is 3.57. The molecule has 0 spiro atoms. The van der Waals surface area contributed by atoms with E-state index in [-0.39, 0.29) is 11.9 Å². The van der Waals surface area contributed by atoms with Crippen molar-refractivity contribution in [1.29, 1.82) is 0 Å². The van der Waals surface area contributed by atoms with E-state index in [9.17, 15) is 4.79 Å². The lowest BCUT2D eigenvalue weighted by atomic mass is 10.1. The number of imidazole rings is 1. The van der Waals surface area contributed by atoms with E-state index in [1.165, 1.54) is 0 Å². The molecule has 0 radical (unpaired) electrons. The van der Waals surface area contributed by atoms with Crippen LogP contribution in [0.4, 0.5) is 5.69 Å². The lowest BCUT2D eigenvalue weighted by Crippen LogP contribution is -2.32. The van der Waals surface area contributed by atoms with Crippen LogP contribution in [0.25, 0.3) is 11.3 Å². The number of hydrogen-bond donors (Lipinski definition) is 2. The van der Waals surface area contributed by atoms with Crippen molar-refractivity contribution in [2.24, 2.45) is 0 Å². The van der Waals surface area contributed by atoms with Crippen LogP contribution < -0.4 is 5.73 Å². The minimum Gasteiger partial charge on any atom is -0.399 e. The van der Waals surface area contributed by atoms with Crippen molar-refractivity contribution >= 4 is 11.6 Å². The van der Waals surface area contributed by atoms with Gasteiger partial charge in [0.2, 0.25) is 5.91 Å². The minimum absolute atomic E-state index is 0.0220. The van der Waals surface area contributed by atoms with Gasteiger partial charge in [-0.2, -0.15) is 0 Å². The van der Waals surface area contributed by atoms with E-state index < -0.39 is 0 Å². The molecule has 1 amide bonds. The van der Waals surface area contributed by atoms with Crippen molar-refractivity contribution in [3.05, 3.63) is 72.2 Å². The van der Waals surface area contributed by atoms with E-state index in [2.05, 4.69) is 4.98 Å². The molecule has 1 aliphatic heterocycles. The highest BCUT2D eigenvalue weighted by atomic mass is 16.2. The van der Waals surface area contributed by atoms with Gasteiger partial charge in [0.15, 0.2) is 0 Å². The number of rotatable bonds is 4. The first-order valence-corrected chi connectivity index (χ1v) is 8.95. The summed E-state index contributed by atoms with van der Waals surface area (Å²) >= 11 is 0. The maximum absolute atomic E-state index is 12.8. The standard InChI is InChI=1S/C21H22N4O/c22-17-10-8-16(9-11-17)18-14-23-21(24-18)19-7-4-12-25(19)20(26)13-15-5-2-1-3-6-15/h1-3,5-6,8-11,14,19H,4,7,12-13,22H2,(H,23,24). The molecule has 5 nitrogen and oxygen atoms in total. The van der Waals surface area contributed by atoms with Crippen LogP contribution in [0.2, 0.25) is 0 Å². The van der Waals surface area contributed by atoms with Gasteiger partial charge in [0.05, 0.1) is 18.2 Å². The fraction of sp³-hybridized carbons (Fsp3) is 0.238. The summed E-state index contributed by atoms with van der Waals surface area (Å²) in [6.07, 6.45) is 4.28. The summed E-state index contributed by atoms with van der Waals surface area (Å²) in [5.41, 5.74) is 9.43. The average Bonchev–Trinajstić information content (AvgIpc) is 3.32. The second-order valence-corrected chi connectivity index (χ2v) is 6.70. The zero-order valence-electron chi connectivity index (χ0n) is 14.6. The predicted molar refractivity (Wildman–Crippen MR) is 102 cm³/mol. The number of carbonyl (C=O) groups is 1.